The molecule has 0 radical (unpaired) electrons. The predicted octanol–water partition coefficient (Wildman–Crippen LogP) is 2.45. The maximum Gasteiger partial charge on any atom is 0.145 e. The van der Waals surface area contributed by atoms with E-state index >= 15 is 0 Å². The zero-order chi connectivity index (χ0) is 11.4. The van der Waals surface area contributed by atoms with E-state index in [-0.39, 0.29) is 0 Å². The third kappa shape index (κ3) is 2.34. The van der Waals surface area contributed by atoms with E-state index in [4.69, 9.17) is 10.00 Å². The van der Waals surface area contributed by atoms with E-state index in [1.807, 2.05) is 25.1 Å². The highest BCUT2D eigenvalue weighted by atomic mass is 16.5. The van der Waals surface area contributed by atoms with Crippen molar-refractivity contribution in [3.8, 4) is 17.6 Å². The van der Waals surface area contributed by atoms with E-state index in [0.29, 0.717) is 17.2 Å². The molecule has 0 aromatic carbocycles. The van der Waals surface area contributed by atoms with Crippen LogP contribution in [-0.2, 0) is 0 Å². The zero-order valence-electron chi connectivity index (χ0n) is 8.71. The summed E-state index contributed by atoms with van der Waals surface area (Å²) in [5, 5.41) is 8.68. The van der Waals surface area contributed by atoms with E-state index in [1.54, 1.807) is 18.3 Å². The number of hydrogen-bond acceptors (Lipinski definition) is 4. The normalized spacial score (nSPS) is 9.50. The van der Waals surface area contributed by atoms with E-state index in [9.17, 15) is 0 Å². The average Bonchev–Trinajstić information content (AvgIpc) is 2.32. The van der Waals surface area contributed by atoms with Crippen LogP contribution in [0, 0.1) is 18.3 Å². The number of ether oxygens (including phenoxy) is 1. The van der Waals surface area contributed by atoms with Gasteiger partial charge in [-0.3, -0.25) is 4.98 Å². The van der Waals surface area contributed by atoms with Gasteiger partial charge >= 0.3 is 0 Å². The number of rotatable bonds is 2. The zero-order valence-corrected chi connectivity index (χ0v) is 8.71. The first kappa shape index (κ1) is 10.1. The highest BCUT2D eigenvalue weighted by Crippen LogP contribution is 2.20. The largest absolute Gasteiger partial charge is 0.456 e. The van der Waals surface area contributed by atoms with Gasteiger partial charge in [0, 0.05) is 18.0 Å². The highest BCUT2D eigenvalue weighted by Gasteiger charge is 1.99. The van der Waals surface area contributed by atoms with Crippen LogP contribution in [0.3, 0.4) is 0 Å². The third-order valence-electron chi connectivity index (χ3n) is 1.97. The van der Waals surface area contributed by atoms with Crippen LogP contribution in [0.1, 0.15) is 11.4 Å². The maximum absolute atomic E-state index is 8.68. The van der Waals surface area contributed by atoms with E-state index < -0.39 is 0 Å². The first-order valence-electron chi connectivity index (χ1n) is 4.74. The van der Waals surface area contributed by atoms with Gasteiger partial charge in [0.05, 0.1) is 6.20 Å². The molecular formula is C12H9N3O. The summed E-state index contributed by atoms with van der Waals surface area (Å²) in [6.45, 7) is 1.91. The van der Waals surface area contributed by atoms with Crippen molar-refractivity contribution in [2.45, 2.75) is 6.92 Å². The predicted molar refractivity (Wildman–Crippen MR) is 58.0 cm³/mol. The van der Waals surface area contributed by atoms with Crippen molar-refractivity contribution in [2.75, 3.05) is 0 Å². The lowest BCUT2D eigenvalue weighted by atomic mass is 10.3. The fourth-order valence-corrected chi connectivity index (χ4v) is 1.19. The van der Waals surface area contributed by atoms with Gasteiger partial charge in [-0.25, -0.2) is 4.98 Å². The van der Waals surface area contributed by atoms with Gasteiger partial charge in [-0.2, -0.15) is 5.26 Å². The van der Waals surface area contributed by atoms with Crippen LogP contribution in [0.15, 0.2) is 36.7 Å². The van der Waals surface area contributed by atoms with E-state index in [2.05, 4.69) is 9.97 Å². The molecule has 0 aliphatic rings. The fourth-order valence-electron chi connectivity index (χ4n) is 1.19. The minimum absolute atomic E-state index is 0.331. The van der Waals surface area contributed by atoms with Crippen LogP contribution < -0.4 is 4.74 Å². The molecule has 78 valence electrons. The molecule has 0 fully saturated rings. The van der Waals surface area contributed by atoms with Gasteiger partial charge in [0.2, 0.25) is 0 Å². The van der Waals surface area contributed by atoms with Crippen LogP contribution >= 0.6 is 0 Å². The first-order valence-corrected chi connectivity index (χ1v) is 4.74. The summed E-state index contributed by atoms with van der Waals surface area (Å²) < 4.78 is 5.52. The molecular weight excluding hydrogens is 202 g/mol. The average molecular weight is 211 g/mol. The Hall–Kier alpha value is -2.41. The minimum atomic E-state index is 0.331. The summed E-state index contributed by atoms with van der Waals surface area (Å²) in [6, 6.07) is 8.92. The van der Waals surface area contributed by atoms with Gasteiger partial charge in [-0.05, 0) is 25.1 Å². The Bertz CT molecular complexity index is 529. The van der Waals surface area contributed by atoms with Gasteiger partial charge in [0.1, 0.15) is 23.3 Å². The summed E-state index contributed by atoms with van der Waals surface area (Å²) in [5.74, 6) is 1.22. The molecule has 0 unspecified atom stereocenters. The van der Waals surface area contributed by atoms with Crippen molar-refractivity contribution in [1.82, 2.24) is 9.97 Å². The smallest absolute Gasteiger partial charge is 0.145 e. The molecule has 0 bridgehead atoms. The Balaban J connectivity index is 2.21. The molecule has 0 amide bonds. The Morgan fingerprint density at radius 1 is 1.19 bits per heavy atom. The third-order valence-corrected chi connectivity index (χ3v) is 1.97. The van der Waals surface area contributed by atoms with Gasteiger partial charge in [-0.1, -0.05) is 0 Å². The van der Waals surface area contributed by atoms with Gasteiger partial charge in [-0.15, -0.1) is 0 Å². The second-order valence-electron chi connectivity index (χ2n) is 3.23. The molecule has 0 saturated heterocycles. The topological polar surface area (TPSA) is 58.8 Å². The Morgan fingerprint density at radius 3 is 2.75 bits per heavy atom. The summed E-state index contributed by atoms with van der Waals surface area (Å²) in [7, 11) is 0. The number of hydrogen-bond donors (Lipinski definition) is 0. The molecule has 0 saturated carbocycles. The molecule has 2 heterocycles. The minimum Gasteiger partial charge on any atom is -0.456 e. The lowest BCUT2D eigenvalue weighted by Gasteiger charge is -2.04. The summed E-state index contributed by atoms with van der Waals surface area (Å²) in [5.41, 5.74) is 1.26. The second-order valence-corrected chi connectivity index (χ2v) is 3.23. The molecule has 0 aliphatic carbocycles. The molecule has 0 N–H and O–H groups in total. The lowest BCUT2D eigenvalue weighted by Crippen LogP contribution is -1.88. The van der Waals surface area contributed by atoms with Gasteiger partial charge in [0.15, 0.2) is 0 Å². The molecule has 4 heteroatoms. The lowest BCUT2D eigenvalue weighted by molar-refractivity contribution is 0.479. The number of nitriles is 1. The van der Waals surface area contributed by atoms with Gasteiger partial charge < -0.3 is 4.74 Å². The standard InChI is InChI=1S/C12H9N3O/c1-9-2-3-12(8-15-9)16-11-4-5-14-10(6-11)7-13/h2-6,8H,1H3. The number of pyridine rings is 2. The number of aromatic nitrogens is 2. The highest BCUT2D eigenvalue weighted by molar-refractivity contribution is 5.33. The Labute approximate surface area is 93.2 Å². The van der Waals surface area contributed by atoms with Crippen molar-refractivity contribution >= 4 is 0 Å². The van der Waals surface area contributed by atoms with Crippen molar-refractivity contribution in [3.05, 3.63) is 48.0 Å². The van der Waals surface area contributed by atoms with E-state index in [0.717, 1.165) is 5.69 Å². The molecule has 2 aromatic rings. The second kappa shape index (κ2) is 4.41. The number of aryl methyl sites for hydroxylation is 1. The molecule has 2 aromatic heterocycles. The van der Waals surface area contributed by atoms with E-state index in [1.165, 1.54) is 6.20 Å². The summed E-state index contributed by atoms with van der Waals surface area (Å²) >= 11 is 0. The SMILES string of the molecule is Cc1ccc(Oc2ccnc(C#N)c2)cn1. The van der Waals surface area contributed by atoms with Crippen molar-refractivity contribution in [2.24, 2.45) is 0 Å². The van der Waals surface area contributed by atoms with Crippen molar-refractivity contribution in [3.63, 3.8) is 0 Å². The molecule has 0 atom stereocenters. The van der Waals surface area contributed by atoms with Crippen LogP contribution in [-0.4, -0.2) is 9.97 Å². The Kier molecular flexibility index (Phi) is 2.79. The molecule has 16 heavy (non-hydrogen) atoms. The van der Waals surface area contributed by atoms with Crippen molar-refractivity contribution < 1.29 is 4.74 Å². The fraction of sp³-hybridized carbons (Fsp3) is 0.0833. The first-order chi connectivity index (χ1) is 7.78. The van der Waals surface area contributed by atoms with Gasteiger partial charge in [0.25, 0.3) is 0 Å². The maximum atomic E-state index is 8.68. The monoisotopic (exact) mass is 211 g/mol. The van der Waals surface area contributed by atoms with Crippen LogP contribution in [0.5, 0.6) is 11.5 Å². The van der Waals surface area contributed by atoms with Crippen LogP contribution in [0.25, 0.3) is 0 Å². The molecule has 2 rings (SSSR count). The summed E-state index contributed by atoms with van der Waals surface area (Å²) in [6.07, 6.45) is 3.18. The molecule has 0 aliphatic heterocycles. The van der Waals surface area contributed by atoms with Crippen molar-refractivity contribution in [1.29, 1.82) is 5.26 Å². The van der Waals surface area contributed by atoms with Crippen LogP contribution in [0.4, 0.5) is 0 Å². The summed E-state index contributed by atoms with van der Waals surface area (Å²) in [4.78, 5) is 7.97. The molecule has 4 nitrogen and oxygen atoms in total. The Morgan fingerprint density at radius 2 is 2.06 bits per heavy atom. The molecule has 0 spiro atoms. The number of nitrogens with zero attached hydrogens (tertiary/aromatic N) is 3. The van der Waals surface area contributed by atoms with Crippen LogP contribution in [0.2, 0.25) is 0 Å². The quantitative estimate of drug-likeness (QED) is 0.765.